The Morgan fingerprint density at radius 3 is 2.71 bits per heavy atom. The minimum atomic E-state index is -0.421. The summed E-state index contributed by atoms with van der Waals surface area (Å²) in [6, 6.07) is -0.267. The van der Waals surface area contributed by atoms with E-state index in [-0.39, 0.29) is 30.9 Å². The maximum Gasteiger partial charge on any atom is 0.321 e. The molecule has 1 aliphatic rings. The summed E-state index contributed by atoms with van der Waals surface area (Å²) in [7, 11) is 0. The minimum Gasteiger partial charge on any atom is -0.338 e. The number of likely N-dealkylation sites (tertiary alicyclic amines) is 1. The zero-order valence-corrected chi connectivity index (χ0v) is 10.9. The zero-order chi connectivity index (χ0) is 12.0. The summed E-state index contributed by atoms with van der Waals surface area (Å²) in [6.45, 7) is 4.32. The number of hydrogen-bond donors (Lipinski definition) is 3. The maximum atomic E-state index is 11.4. The topological polar surface area (TPSA) is 87.5 Å². The second kappa shape index (κ2) is 8.27. The SMILES string of the molecule is CCCNC(=O)NC(=O)CN1CCC(N)C1.Cl. The molecule has 0 spiro atoms. The first kappa shape index (κ1) is 16.1. The lowest BCUT2D eigenvalue weighted by molar-refractivity contribution is -0.120. The Bertz CT molecular complexity index is 263. The fraction of sp³-hybridized carbons (Fsp3) is 0.800. The van der Waals surface area contributed by atoms with E-state index in [1.165, 1.54) is 0 Å². The molecule has 1 unspecified atom stereocenters. The van der Waals surface area contributed by atoms with E-state index in [4.69, 9.17) is 5.73 Å². The Hall–Kier alpha value is -0.850. The standard InChI is InChI=1S/C10H20N4O2.ClH/c1-2-4-12-10(16)13-9(15)7-14-5-3-8(11)6-14;/h8H,2-7,11H2,1H3,(H2,12,13,15,16);1H. The number of carbonyl (C=O) groups is 2. The highest BCUT2D eigenvalue weighted by Gasteiger charge is 2.21. The van der Waals surface area contributed by atoms with Gasteiger partial charge in [-0.05, 0) is 12.8 Å². The normalized spacial score (nSPS) is 19.5. The molecule has 1 saturated heterocycles. The highest BCUT2D eigenvalue weighted by Crippen LogP contribution is 2.05. The number of rotatable bonds is 4. The van der Waals surface area contributed by atoms with Gasteiger partial charge in [0.15, 0.2) is 0 Å². The van der Waals surface area contributed by atoms with Crippen LogP contribution in [-0.4, -0.2) is 49.1 Å². The number of hydrogen-bond acceptors (Lipinski definition) is 4. The van der Waals surface area contributed by atoms with Crippen LogP contribution in [0.15, 0.2) is 0 Å². The minimum absolute atomic E-state index is 0. The molecule has 6 nitrogen and oxygen atoms in total. The van der Waals surface area contributed by atoms with Crippen molar-refractivity contribution in [3.8, 4) is 0 Å². The summed E-state index contributed by atoms with van der Waals surface area (Å²) < 4.78 is 0. The smallest absolute Gasteiger partial charge is 0.321 e. The Morgan fingerprint density at radius 1 is 1.47 bits per heavy atom. The Balaban J connectivity index is 0.00000256. The van der Waals surface area contributed by atoms with Gasteiger partial charge in [-0.25, -0.2) is 4.79 Å². The molecule has 0 aromatic carbocycles. The van der Waals surface area contributed by atoms with E-state index in [0.29, 0.717) is 6.54 Å². The predicted octanol–water partition coefficient (Wildman–Crippen LogP) is -0.323. The van der Waals surface area contributed by atoms with Gasteiger partial charge in [0.25, 0.3) is 0 Å². The lowest BCUT2D eigenvalue weighted by atomic mass is 10.3. The molecule has 100 valence electrons. The van der Waals surface area contributed by atoms with Gasteiger partial charge in [0.2, 0.25) is 5.91 Å². The lowest BCUT2D eigenvalue weighted by Crippen LogP contribution is -2.44. The molecule has 0 aromatic heterocycles. The van der Waals surface area contributed by atoms with E-state index in [1.54, 1.807) is 0 Å². The molecular weight excluding hydrogens is 244 g/mol. The predicted molar refractivity (Wildman–Crippen MR) is 68.1 cm³/mol. The second-order valence-corrected chi connectivity index (χ2v) is 4.09. The van der Waals surface area contributed by atoms with Gasteiger partial charge in [-0.15, -0.1) is 12.4 Å². The summed E-state index contributed by atoms with van der Waals surface area (Å²) in [4.78, 5) is 24.5. The first-order valence-electron chi connectivity index (χ1n) is 5.67. The molecule has 1 fully saturated rings. The number of halogens is 1. The van der Waals surface area contributed by atoms with Gasteiger partial charge in [-0.3, -0.25) is 15.0 Å². The lowest BCUT2D eigenvalue weighted by Gasteiger charge is -2.14. The molecule has 1 heterocycles. The van der Waals surface area contributed by atoms with Crippen molar-refractivity contribution in [3.63, 3.8) is 0 Å². The van der Waals surface area contributed by atoms with Crippen molar-refractivity contribution < 1.29 is 9.59 Å². The van der Waals surface area contributed by atoms with E-state index >= 15 is 0 Å². The molecule has 1 atom stereocenters. The summed E-state index contributed by atoms with van der Waals surface area (Å²) in [5, 5.41) is 4.87. The number of amides is 3. The van der Waals surface area contributed by atoms with Crippen LogP contribution in [0.4, 0.5) is 4.79 Å². The molecule has 0 aliphatic carbocycles. The van der Waals surface area contributed by atoms with Crippen molar-refractivity contribution in [2.24, 2.45) is 5.73 Å². The average Bonchev–Trinajstić information content (AvgIpc) is 2.60. The highest BCUT2D eigenvalue weighted by molar-refractivity contribution is 5.95. The van der Waals surface area contributed by atoms with E-state index in [2.05, 4.69) is 10.6 Å². The van der Waals surface area contributed by atoms with Gasteiger partial charge >= 0.3 is 6.03 Å². The van der Waals surface area contributed by atoms with Gasteiger partial charge in [0, 0.05) is 25.7 Å². The van der Waals surface area contributed by atoms with E-state index < -0.39 is 6.03 Å². The highest BCUT2D eigenvalue weighted by atomic mass is 35.5. The molecular formula is C10H21ClN4O2. The fourth-order valence-corrected chi connectivity index (χ4v) is 1.66. The second-order valence-electron chi connectivity index (χ2n) is 4.09. The van der Waals surface area contributed by atoms with Crippen molar-refractivity contribution in [1.82, 2.24) is 15.5 Å². The van der Waals surface area contributed by atoms with Gasteiger partial charge < -0.3 is 11.1 Å². The average molecular weight is 265 g/mol. The number of imide groups is 1. The van der Waals surface area contributed by atoms with Crippen LogP contribution in [0.5, 0.6) is 0 Å². The Kier molecular flexibility index (Phi) is 7.86. The number of nitrogens with one attached hydrogen (secondary N) is 2. The van der Waals surface area contributed by atoms with Crippen LogP contribution >= 0.6 is 12.4 Å². The molecule has 1 rings (SSSR count). The maximum absolute atomic E-state index is 11.4. The summed E-state index contributed by atoms with van der Waals surface area (Å²) in [6.07, 6.45) is 1.76. The van der Waals surface area contributed by atoms with Crippen LogP contribution in [0.25, 0.3) is 0 Å². The van der Waals surface area contributed by atoms with Gasteiger partial charge in [0.05, 0.1) is 6.54 Å². The Morgan fingerprint density at radius 2 is 2.18 bits per heavy atom. The van der Waals surface area contributed by atoms with Crippen molar-refractivity contribution in [3.05, 3.63) is 0 Å². The largest absolute Gasteiger partial charge is 0.338 e. The quantitative estimate of drug-likeness (QED) is 0.649. The van der Waals surface area contributed by atoms with E-state index in [1.807, 2.05) is 11.8 Å². The molecule has 7 heteroatoms. The van der Waals surface area contributed by atoms with Crippen molar-refractivity contribution in [2.75, 3.05) is 26.2 Å². The summed E-state index contributed by atoms with van der Waals surface area (Å²) >= 11 is 0. The van der Waals surface area contributed by atoms with E-state index in [0.717, 1.165) is 25.9 Å². The molecule has 17 heavy (non-hydrogen) atoms. The summed E-state index contributed by atoms with van der Waals surface area (Å²) in [5.74, 6) is -0.275. The van der Waals surface area contributed by atoms with Crippen molar-refractivity contribution in [1.29, 1.82) is 0 Å². The van der Waals surface area contributed by atoms with Gasteiger partial charge in [-0.1, -0.05) is 6.92 Å². The van der Waals surface area contributed by atoms with Gasteiger partial charge in [0.1, 0.15) is 0 Å². The first-order chi connectivity index (χ1) is 7.61. The molecule has 0 bridgehead atoms. The van der Waals surface area contributed by atoms with Crippen molar-refractivity contribution >= 4 is 24.3 Å². The fourth-order valence-electron chi connectivity index (χ4n) is 1.66. The molecule has 0 aromatic rings. The molecule has 3 amide bonds. The van der Waals surface area contributed by atoms with Crippen LogP contribution < -0.4 is 16.4 Å². The molecule has 0 radical (unpaired) electrons. The Labute approximate surface area is 108 Å². The van der Waals surface area contributed by atoms with Crippen LogP contribution in [0.2, 0.25) is 0 Å². The molecule has 1 aliphatic heterocycles. The van der Waals surface area contributed by atoms with Crippen molar-refractivity contribution in [2.45, 2.75) is 25.8 Å². The molecule has 4 N–H and O–H groups in total. The van der Waals surface area contributed by atoms with Crippen LogP contribution in [-0.2, 0) is 4.79 Å². The van der Waals surface area contributed by atoms with Crippen LogP contribution in [0.1, 0.15) is 19.8 Å². The monoisotopic (exact) mass is 264 g/mol. The van der Waals surface area contributed by atoms with Crippen LogP contribution in [0.3, 0.4) is 0 Å². The molecule has 0 saturated carbocycles. The number of nitrogens with zero attached hydrogens (tertiary/aromatic N) is 1. The van der Waals surface area contributed by atoms with Gasteiger partial charge in [-0.2, -0.15) is 0 Å². The van der Waals surface area contributed by atoms with E-state index in [9.17, 15) is 9.59 Å². The third kappa shape index (κ3) is 6.45. The van der Waals surface area contributed by atoms with Crippen LogP contribution in [0, 0.1) is 0 Å². The zero-order valence-electron chi connectivity index (χ0n) is 10.1. The third-order valence-electron chi connectivity index (χ3n) is 2.46. The number of urea groups is 1. The number of carbonyl (C=O) groups excluding carboxylic acids is 2. The first-order valence-corrected chi connectivity index (χ1v) is 5.67. The number of nitrogens with two attached hydrogens (primary N) is 1. The summed E-state index contributed by atoms with van der Waals surface area (Å²) in [5.41, 5.74) is 5.72. The third-order valence-corrected chi connectivity index (χ3v) is 2.46.